The Kier molecular flexibility index (Phi) is 3.39. The van der Waals surface area contributed by atoms with Gasteiger partial charge in [0, 0.05) is 12.6 Å². The summed E-state index contributed by atoms with van der Waals surface area (Å²) < 4.78 is 6.59. The number of aryl methyl sites for hydroxylation is 1. The first-order valence-electron chi connectivity index (χ1n) is 6.65. The number of rotatable bonds is 3. The molecule has 0 aliphatic carbocycles. The largest absolute Gasteiger partial charge is 0.465 e. The Morgan fingerprint density at radius 3 is 2.86 bits per heavy atom. The average molecular weight is 281 g/mol. The minimum atomic E-state index is -0.374. The lowest BCUT2D eigenvalue weighted by molar-refractivity contribution is 0.0600. The Labute approximate surface area is 122 Å². The van der Waals surface area contributed by atoms with Crippen molar-refractivity contribution in [3.8, 4) is 0 Å². The van der Waals surface area contributed by atoms with Gasteiger partial charge < -0.3 is 4.74 Å². The molecule has 3 rings (SSSR count). The van der Waals surface area contributed by atoms with E-state index in [1.165, 1.54) is 18.2 Å². The first kappa shape index (κ1) is 13.3. The summed E-state index contributed by atoms with van der Waals surface area (Å²) in [5.41, 5.74) is 3.51. The van der Waals surface area contributed by atoms with Crippen molar-refractivity contribution in [3.63, 3.8) is 0 Å². The fourth-order valence-corrected chi connectivity index (χ4v) is 2.31. The Balaban J connectivity index is 1.95. The van der Waals surface area contributed by atoms with Gasteiger partial charge in [0.15, 0.2) is 5.65 Å². The lowest BCUT2D eigenvalue weighted by Crippen LogP contribution is -2.03. The van der Waals surface area contributed by atoms with E-state index >= 15 is 0 Å². The standard InChI is InChI=1S/C16H15N3O2/c1-11-4-3-5-12(8-11)9-14-17-18-15-10-13(16(20)21-2)6-7-19(14)15/h3-8,10H,9H2,1-2H3. The van der Waals surface area contributed by atoms with Crippen molar-refractivity contribution in [3.05, 3.63) is 65.1 Å². The van der Waals surface area contributed by atoms with Crippen LogP contribution >= 0.6 is 0 Å². The van der Waals surface area contributed by atoms with Crippen molar-refractivity contribution in [1.82, 2.24) is 14.6 Å². The van der Waals surface area contributed by atoms with Gasteiger partial charge in [-0.3, -0.25) is 4.40 Å². The number of carbonyl (C=O) groups excluding carboxylic acids is 1. The molecule has 0 bridgehead atoms. The van der Waals surface area contributed by atoms with Crippen LogP contribution in [0, 0.1) is 6.92 Å². The number of hydrogen-bond donors (Lipinski definition) is 0. The zero-order chi connectivity index (χ0) is 14.8. The van der Waals surface area contributed by atoms with Crippen LogP contribution in [0.4, 0.5) is 0 Å². The number of fused-ring (bicyclic) bond motifs is 1. The van der Waals surface area contributed by atoms with Gasteiger partial charge >= 0.3 is 5.97 Å². The lowest BCUT2D eigenvalue weighted by Gasteiger charge is -2.03. The van der Waals surface area contributed by atoms with E-state index in [2.05, 4.69) is 35.3 Å². The SMILES string of the molecule is COC(=O)c1ccn2c(Cc3cccc(C)c3)nnc2c1. The van der Waals surface area contributed by atoms with Gasteiger partial charge in [0.2, 0.25) is 0 Å². The summed E-state index contributed by atoms with van der Waals surface area (Å²) in [4.78, 5) is 11.5. The van der Waals surface area contributed by atoms with Crippen LogP contribution in [0.15, 0.2) is 42.6 Å². The average Bonchev–Trinajstić information content (AvgIpc) is 2.89. The fraction of sp³-hybridized carbons (Fsp3) is 0.188. The molecule has 0 atom stereocenters. The molecule has 2 heterocycles. The Bertz CT molecular complexity index is 808. The summed E-state index contributed by atoms with van der Waals surface area (Å²) in [6.07, 6.45) is 2.49. The molecule has 3 aromatic rings. The molecule has 0 saturated heterocycles. The van der Waals surface area contributed by atoms with Gasteiger partial charge in [0.05, 0.1) is 12.7 Å². The second kappa shape index (κ2) is 5.36. The molecule has 0 saturated carbocycles. The van der Waals surface area contributed by atoms with Gasteiger partial charge in [-0.2, -0.15) is 0 Å². The van der Waals surface area contributed by atoms with E-state index in [-0.39, 0.29) is 5.97 Å². The van der Waals surface area contributed by atoms with Crippen LogP contribution in [-0.4, -0.2) is 27.7 Å². The van der Waals surface area contributed by atoms with Crippen LogP contribution in [0.2, 0.25) is 0 Å². The topological polar surface area (TPSA) is 56.5 Å². The summed E-state index contributed by atoms with van der Waals surface area (Å²) in [5.74, 6) is 0.466. The summed E-state index contributed by atoms with van der Waals surface area (Å²) in [5, 5.41) is 8.33. The van der Waals surface area contributed by atoms with Crippen LogP contribution in [0.5, 0.6) is 0 Å². The van der Waals surface area contributed by atoms with Gasteiger partial charge in [-0.1, -0.05) is 29.8 Å². The van der Waals surface area contributed by atoms with Gasteiger partial charge in [-0.05, 0) is 24.6 Å². The van der Waals surface area contributed by atoms with Crippen molar-refractivity contribution < 1.29 is 9.53 Å². The van der Waals surface area contributed by atoms with Crippen molar-refractivity contribution >= 4 is 11.6 Å². The number of esters is 1. The molecule has 0 fully saturated rings. The van der Waals surface area contributed by atoms with Crippen LogP contribution in [0.1, 0.15) is 27.3 Å². The quantitative estimate of drug-likeness (QED) is 0.692. The fourth-order valence-electron chi connectivity index (χ4n) is 2.31. The summed E-state index contributed by atoms with van der Waals surface area (Å²) >= 11 is 0. The molecule has 0 aliphatic rings. The zero-order valence-electron chi connectivity index (χ0n) is 11.9. The number of pyridine rings is 1. The molecule has 1 aromatic carbocycles. The summed E-state index contributed by atoms with van der Waals surface area (Å²) in [6, 6.07) is 11.7. The van der Waals surface area contributed by atoms with E-state index in [1.54, 1.807) is 18.3 Å². The summed E-state index contributed by atoms with van der Waals surface area (Å²) in [6.45, 7) is 2.06. The van der Waals surface area contributed by atoms with Crippen molar-refractivity contribution in [1.29, 1.82) is 0 Å². The minimum absolute atomic E-state index is 0.374. The van der Waals surface area contributed by atoms with Crippen LogP contribution < -0.4 is 0 Å². The third-order valence-electron chi connectivity index (χ3n) is 3.35. The van der Waals surface area contributed by atoms with Crippen LogP contribution in [-0.2, 0) is 11.2 Å². The van der Waals surface area contributed by atoms with E-state index in [9.17, 15) is 4.79 Å². The molecule has 2 aromatic heterocycles. The number of nitrogens with zero attached hydrogens (tertiary/aromatic N) is 3. The smallest absolute Gasteiger partial charge is 0.338 e. The monoisotopic (exact) mass is 281 g/mol. The predicted molar refractivity (Wildman–Crippen MR) is 78.3 cm³/mol. The molecular formula is C16H15N3O2. The maximum absolute atomic E-state index is 11.5. The number of methoxy groups -OCH3 is 1. The second-order valence-electron chi connectivity index (χ2n) is 4.92. The number of hydrogen-bond acceptors (Lipinski definition) is 4. The Morgan fingerprint density at radius 1 is 1.24 bits per heavy atom. The van der Waals surface area contributed by atoms with E-state index in [1.807, 2.05) is 10.5 Å². The maximum atomic E-state index is 11.5. The predicted octanol–water partition coefficient (Wildman–Crippen LogP) is 2.42. The molecular weight excluding hydrogens is 266 g/mol. The summed E-state index contributed by atoms with van der Waals surface area (Å²) in [7, 11) is 1.36. The highest BCUT2D eigenvalue weighted by Crippen LogP contribution is 2.13. The molecule has 21 heavy (non-hydrogen) atoms. The highest BCUT2D eigenvalue weighted by Gasteiger charge is 2.10. The van der Waals surface area contributed by atoms with Crippen molar-refractivity contribution in [2.24, 2.45) is 0 Å². The third-order valence-corrected chi connectivity index (χ3v) is 3.35. The molecule has 0 radical (unpaired) electrons. The minimum Gasteiger partial charge on any atom is -0.465 e. The van der Waals surface area contributed by atoms with Crippen LogP contribution in [0.3, 0.4) is 0 Å². The number of ether oxygens (including phenoxy) is 1. The molecule has 0 spiro atoms. The highest BCUT2D eigenvalue weighted by atomic mass is 16.5. The number of benzene rings is 1. The third kappa shape index (κ3) is 2.63. The molecule has 5 heteroatoms. The Morgan fingerprint density at radius 2 is 2.10 bits per heavy atom. The first-order chi connectivity index (χ1) is 10.2. The van der Waals surface area contributed by atoms with E-state index < -0.39 is 0 Å². The van der Waals surface area contributed by atoms with Gasteiger partial charge in [-0.25, -0.2) is 4.79 Å². The van der Waals surface area contributed by atoms with E-state index in [0.29, 0.717) is 17.6 Å². The molecule has 106 valence electrons. The van der Waals surface area contributed by atoms with Crippen molar-refractivity contribution in [2.75, 3.05) is 7.11 Å². The van der Waals surface area contributed by atoms with Gasteiger partial charge in [-0.15, -0.1) is 10.2 Å². The number of carbonyl (C=O) groups is 1. The molecule has 0 aliphatic heterocycles. The van der Waals surface area contributed by atoms with E-state index in [0.717, 1.165) is 5.82 Å². The second-order valence-corrected chi connectivity index (χ2v) is 4.92. The molecule has 0 N–H and O–H groups in total. The molecule has 5 nitrogen and oxygen atoms in total. The van der Waals surface area contributed by atoms with E-state index in [4.69, 9.17) is 4.74 Å². The Hall–Kier alpha value is -2.69. The molecule has 0 amide bonds. The van der Waals surface area contributed by atoms with Gasteiger partial charge in [0.1, 0.15) is 5.82 Å². The normalized spacial score (nSPS) is 10.8. The highest BCUT2D eigenvalue weighted by molar-refractivity contribution is 5.90. The van der Waals surface area contributed by atoms with Gasteiger partial charge in [0.25, 0.3) is 0 Å². The lowest BCUT2D eigenvalue weighted by atomic mass is 10.1. The number of aromatic nitrogens is 3. The zero-order valence-corrected chi connectivity index (χ0v) is 11.9. The van der Waals surface area contributed by atoms with Crippen molar-refractivity contribution in [2.45, 2.75) is 13.3 Å². The molecule has 0 unspecified atom stereocenters. The van der Waals surface area contributed by atoms with Crippen LogP contribution in [0.25, 0.3) is 5.65 Å². The first-order valence-corrected chi connectivity index (χ1v) is 6.65. The maximum Gasteiger partial charge on any atom is 0.338 e.